The smallest absolute Gasteiger partial charge is 0.284 e. The van der Waals surface area contributed by atoms with E-state index >= 15 is 0 Å². The van der Waals surface area contributed by atoms with Crippen LogP contribution in [0.4, 0.5) is 0 Å². The minimum Gasteiger partial charge on any atom is -0.489 e. The van der Waals surface area contributed by atoms with Gasteiger partial charge in [-0.3, -0.25) is 4.79 Å². The zero-order valence-electron chi connectivity index (χ0n) is 15.4. The molecule has 26 heavy (non-hydrogen) atoms. The number of furan rings is 1. The lowest BCUT2D eigenvalue weighted by molar-refractivity contribution is 0.0972. The number of guanidine groups is 1. The summed E-state index contributed by atoms with van der Waals surface area (Å²) >= 11 is 0. The second-order valence-electron chi connectivity index (χ2n) is 5.95. The van der Waals surface area contributed by atoms with Gasteiger partial charge in [0, 0.05) is 6.54 Å². The number of benzene rings is 1. The molecule has 0 aliphatic rings. The molecular formula is C19H26N4O3. The van der Waals surface area contributed by atoms with Gasteiger partial charge in [0.25, 0.3) is 5.91 Å². The van der Waals surface area contributed by atoms with Gasteiger partial charge in [0.05, 0.1) is 6.54 Å². The first-order valence-corrected chi connectivity index (χ1v) is 8.62. The third-order valence-corrected chi connectivity index (χ3v) is 3.53. The lowest BCUT2D eigenvalue weighted by atomic mass is 10.2. The van der Waals surface area contributed by atoms with Crippen LogP contribution in [-0.4, -0.2) is 31.1 Å². The zero-order valence-corrected chi connectivity index (χ0v) is 15.4. The van der Waals surface area contributed by atoms with E-state index in [0.29, 0.717) is 24.8 Å². The van der Waals surface area contributed by atoms with Crippen LogP contribution in [0.3, 0.4) is 0 Å². The molecule has 0 aliphatic carbocycles. The highest BCUT2D eigenvalue weighted by atomic mass is 16.5. The van der Waals surface area contributed by atoms with Gasteiger partial charge in [-0.05, 0) is 50.6 Å². The van der Waals surface area contributed by atoms with Crippen molar-refractivity contribution < 1.29 is 13.9 Å². The quantitative estimate of drug-likeness (QED) is 0.496. The standard InChI is InChI=1S/C19H26N4O3/c1-4-21-19(23-12-16-8-9-17(26-16)18(20)24)22-11-14(3)25-15-7-5-6-13(2)10-15/h5-10,14H,4,11-12H2,1-3H3,(H2,20,24)(H2,21,22,23). The Labute approximate surface area is 153 Å². The number of nitrogens with zero attached hydrogens (tertiary/aromatic N) is 1. The lowest BCUT2D eigenvalue weighted by Gasteiger charge is -2.17. The Hall–Kier alpha value is -2.96. The molecule has 0 bridgehead atoms. The molecule has 0 aliphatic heterocycles. The molecule has 0 saturated carbocycles. The number of aryl methyl sites for hydroxylation is 1. The molecule has 0 saturated heterocycles. The van der Waals surface area contributed by atoms with Crippen molar-refractivity contribution in [2.24, 2.45) is 10.7 Å². The number of nitrogens with two attached hydrogens (primary N) is 1. The van der Waals surface area contributed by atoms with Crippen LogP contribution in [0.15, 0.2) is 45.8 Å². The molecule has 0 spiro atoms. The van der Waals surface area contributed by atoms with E-state index in [1.807, 2.05) is 45.0 Å². The van der Waals surface area contributed by atoms with Crippen molar-refractivity contribution in [1.82, 2.24) is 10.6 Å². The normalized spacial score (nSPS) is 12.5. The van der Waals surface area contributed by atoms with Crippen LogP contribution in [-0.2, 0) is 6.54 Å². The SMILES string of the molecule is CCNC(=NCc1ccc(C(N)=O)o1)NCC(C)Oc1cccc(C)c1. The molecule has 140 valence electrons. The van der Waals surface area contributed by atoms with Crippen molar-refractivity contribution in [3.63, 3.8) is 0 Å². The summed E-state index contributed by atoms with van der Waals surface area (Å²) in [5.74, 6) is 1.60. The van der Waals surface area contributed by atoms with Gasteiger partial charge in [0.15, 0.2) is 11.7 Å². The average molecular weight is 358 g/mol. The number of hydrogen-bond donors (Lipinski definition) is 3. The Balaban J connectivity index is 1.88. The third-order valence-electron chi connectivity index (χ3n) is 3.53. The molecule has 7 heteroatoms. The monoisotopic (exact) mass is 358 g/mol. The topological polar surface area (TPSA) is 102 Å². The first-order chi connectivity index (χ1) is 12.5. The fourth-order valence-corrected chi connectivity index (χ4v) is 2.30. The van der Waals surface area contributed by atoms with Crippen molar-refractivity contribution in [1.29, 1.82) is 0 Å². The lowest BCUT2D eigenvalue weighted by Crippen LogP contribution is -2.41. The molecule has 1 heterocycles. The number of rotatable bonds is 8. The molecule has 1 aromatic heterocycles. The number of carbonyl (C=O) groups excluding carboxylic acids is 1. The molecule has 7 nitrogen and oxygen atoms in total. The van der Waals surface area contributed by atoms with Gasteiger partial charge >= 0.3 is 0 Å². The van der Waals surface area contributed by atoms with Gasteiger partial charge in [-0.15, -0.1) is 0 Å². The number of nitrogens with one attached hydrogen (secondary N) is 2. The molecule has 0 fully saturated rings. The second kappa shape index (κ2) is 9.50. The van der Waals surface area contributed by atoms with Gasteiger partial charge < -0.3 is 25.5 Å². The maximum atomic E-state index is 11.1. The molecule has 1 atom stereocenters. The summed E-state index contributed by atoms with van der Waals surface area (Å²) < 4.78 is 11.2. The van der Waals surface area contributed by atoms with E-state index in [0.717, 1.165) is 17.9 Å². The number of aliphatic imine (C=N–C) groups is 1. The van der Waals surface area contributed by atoms with Crippen molar-refractivity contribution >= 4 is 11.9 Å². The number of carbonyl (C=O) groups is 1. The Morgan fingerprint density at radius 1 is 1.31 bits per heavy atom. The van der Waals surface area contributed by atoms with Crippen molar-refractivity contribution in [2.45, 2.75) is 33.4 Å². The van der Waals surface area contributed by atoms with Crippen LogP contribution in [0.25, 0.3) is 0 Å². The van der Waals surface area contributed by atoms with E-state index in [1.165, 1.54) is 0 Å². The Kier molecular flexibility index (Phi) is 7.08. The highest BCUT2D eigenvalue weighted by molar-refractivity contribution is 5.89. The van der Waals surface area contributed by atoms with Crippen LogP contribution in [0.5, 0.6) is 5.75 Å². The van der Waals surface area contributed by atoms with Crippen LogP contribution < -0.4 is 21.1 Å². The summed E-state index contributed by atoms with van der Waals surface area (Å²) in [4.78, 5) is 15.5. The van der Waals surface area contributed by atoms with E-state index in [4.69, 9.17) is 14.9 Å². The summed E-state index contributed by atoms with van der Waals surface area (Å²) in [5, 5.41) is 6.40. The minimum atomic E-state index is -0.590. The van der Waals surface area contributed by atoms with Crippen molar-refractivity contribution in [3.8, 4) is 5.75 Å². The molecule has 2 aromatic rings. The average Bonchev–Trinajstić information content (AvgIpc) is 3.07. The molecule has 1 amide bonds. The van der Waals surface area contributed by atoms with Crippen molar-refractivity contribution in [3.05, 3.63) is 53.5 Å². The third kappa shape index (κ3) is 6.16. The summed E-state index contributed by atoms with van der Waals surface area (Å²) in [6.45, 7) is 7.63. The van der Waals surface area contributed by atoms with E-state index in [-0.39, 0.29) is 11.9 Å². The van der Waals surface area contributed by atoms with E-state index in [9.17, 15) is 4.79 Å². The van der Waals surface area contributed by atoms with E-state index in [2.05, 4.69) is 15.6 Å². The Bertz CT molecular complexity index is 755. The van der Waals surface area contributed by atoms with Crippen molar-refractivity contribution in [2.75, 3.05) is 13.1 Å². The van der Waals surface area contributed by atoms with Crippen LogP contribution >= 0.6 is 0 Å². The number of primary amides is 1. The summed E-state index contributed by atoms with van der Waals surface area (Å²) in [7, 11) is 0. The summed E-state index contributed by atoms with van der Waals surface area (Å²) in [6, 6.07) is 11.2. The molecule has 4 N–H and O–H groups in total. The van der Waals surface area contributed by atoms with Gasteiger partial charge in [-0.2, -0.15) is 0 Å². The van der Waals surface area contributed by atoms with Gasteiger partial charge in [-0.25, -0.2) is 4.99 Å². The molecule has 0 radical (unpaired) electrons. The maximum absolute atomic E-state index is 11.1. The summed E-state index contributed by atoms with van der Waals surface area (Å²) in [5.41, 5.74) is 6.34. The fourth-order valence-electron chi connectivity index (χ4n) is 2.30. The first kappa shape index (κ1) is 19.4. The predicted molar refractivity (Wildman–Crippen MR) is 101 cm³/mol. The van der Waals surface area contributed by atoms with Gasteiger partial charge in [0.2, 0.25) is 0 Å². The van der Waals surface area contributed by atoms with E-state index in [1.54, 1.807) is 12.1 Å². The van der Waals surface area contributed by atoms with Gasteiger partial charge in [0.1, 0.15) is 24.2 Å². The highest BCUT2D eigenvalue weighted by Crippen LogP contribution is 2.14. The maximum Gasteiger partial charge on any atom is 0.284 e. The summed E-state index contributed by atoms with van der Waals surface area (Å²) in [6.07, 6.45) is -0.0364. The fraction of sp³-hybridized carbons (Fsp3) is 0.368. The Morgan fingerprint density at radius 3 is 2.77 bits per heavy atom. The first-order valence-electron chi connectivity index (χ1n) is 8.62. The Morgan fingerprint density at radius 2 is 2.12 bits per heavy atom. The van der Waals surface area contributed by atoms with E-state index < -0.39 is 5.91 Å². The number of amides is 1. The molecule has 1 unspecified atom stereocenters. The largest absolute Gasteiger partial charge is 0.489 e. The second-order valence-corrected chi connectivity index (χ2v) is 5.95. The van der Waals surface area contributed by atoms with Crippen LogP contribution in [0.1, 0.15) is 35.7 Å². The zero-order chi connectivity index (χ0) is 18.9. The highest BCUT2D eigenvalue weighted by Gasteiger charge is 2.08. The van der Waals surface area contributed by atoms with Gasteiger partial charge in [-0.1, -0.05) is 12.1 Å². The van der Waals surface area contributed by atoms with Crippen LogP contribution in [0.2, 0.25) is 0 Å². The number of ether oxygens (including phenoxy) is 1. The minimum absolute atomic E-state index is 0.0364. The van der Waals surface area contributed by atoms with Crippen LogP contribution in [0, 0.1) is 6.92 Å². The molecule has 1 aromatic carbocycles. The number of hydrogen-bond acceptors (Lipinski definition) is 4. The predicted octanol–water partition coefficient (Wildman–Crippen LogP) is 2.21. The molecular weight excluding hydrogens is 332 g/mol. The molecule has 2 rings (SSSR count).